The Morgan fingerprint density at radius 2 is 1.92 bits per heavy atom. The summed E-state index contributed by atoms with van der Waals surface area (Å²) in [6, 6.07) is 3.48. The molecule has 0 amide bonds. The van der Waals surface area contributed by atoms with Crippen LogP contribution in [0.3, 0.4) is 0 Å². The van der Waals surface area contributed by atoms with Gasteiger partial charge < -0.3 is 14.4 Å². The number of nitrogens with zero attached hydrogens (tertiary/aromatic N) is 2. The summed E-state index contributed by atoms with van der Waals surface area (Å²) in [6.45, 7) is 7.18. The zero-order valence-corrected chi connectivity index (χ0v) is 14.9. The third-order valence-corrected chi connectivity index (χ3v) is 4.50. The van der Waals surface area contributed by atoms with Gasteiger partial charge in [-0.05, 0) is 25.0 Å². The lowest BCUT2D eigenvalue weighted by Gasteiger charge is -2.11. The zero-order chi connectivity index (χ0) is 17.7. The first-order valence-electron chi connectivity index (χ1n) is 7.88. The molecule has 1 N–H and O–H groups in total. The normalized spacial score (nSPS) is 11.5. The predicted molar refractivity (Wildman–Crippen MR) is 89.2 cm³/mol. The van der Waals surface area contributed by atoms with Crippen molar-refractivity contribution in [2.75, 3.05) is 13.2 Å². The van der Waals surface area contributed by atoms with Crippen LogP contribution in [0.2, 0.25) is 0 Å². The quantitative estimate of drug-likeness (QED) is 0.727. The lowest BCUT2D eigenvalue weighted by Crippen LogP contribution is -2.07. The van der Waals surface area contributed by atoms with E-state index in [0.29, 0.717) is 11.4 Å². The molecule has 7 heteroatoms. The predicted octanol–water partition coefficient (Wildman–Crippen LogP) is 3.96. The van der Waals surface area contributed by atoms with Gasteiger partial charge in [0.1, 0.15) is 29.1 Å². The molecular weight excluding hydrogens is 334 g/mol. The number of rotatable bonds is 8. The summed E-state index contributed by atoms with van der Waals surface area (Å²) >= 11 is 1.30. The molecule has 0 spiro atoms. The van der Waals surface area contributed by atoms with Gasteiger partial charge in [-0.1, -0.05) is 25.6 Å². The van der Waals surface area contributed by atoms with Crippen LogP contribution in [0, 0.1) is 11.6 Å². The summed E-state index contributed by atoms with van der Waals surface area (Å²) in [5.41, 5.74) is 0.870. The minimum Gasteiger partial charge on any atom is -0.394 e. The first-order valence-corrected chi connectivity index (χ1v) is 8.69. The van der Waals surface area contributed by atoms with E-state index in [2.05, 4.69) is 4.98 Å². The van der Waals surface area contributed by atoms with Crippen molar-refractivity contribution < 1.29 is 18.6 Å². The van der Waals surface area contributed by atoms with Gasteiger partial charge in [-0.15, -0.1) is 0 Å². The van der Waals surface area contributed by atoms with Gasteiger partial charge in [0.15, 0.2) is 0 Å². The average molecular weight is 356 g/mol. The first kappa shape index (κ1) is 18.9. The van der Waals surface area contributed by atoms with Gasteiger partial charge in [-0.3, -0.25) is 0 Å². The second-order valence-electron chi connectivity index (χ2n) is 5.60. The molecule has 0 unspecified atom stereocenters. The second kappa shape index (κ2) is 8.60. The topological polar surface area (TPSA) is 47.3 Å². The summed E-state index contributed by atoms with van der Waals surface area (Å²) in [5.74, 6) is -0.292. The number of aliphatic hydroxyl groups is 1. The maximum Gasteiger partial charge on any atom is 0.136 e. The highest BCUT2D eigenvalue weighted by Crippen LogP contribution is 2.35. The van der Waals surface area contributed by atoms with E-state index in [1.165, 1.54) is 23.9 Å². The van der Waals surface area contributed by atoms with Gasteiger partial charge in [0.25, 0.3) is 0 Å². The highest BCUT2D eigenvalue weighted by Gasteiger charge is 2.20. The van der Waals surface area contributed by atoms with Crippen LogP contribution in [0.5, 0.6) is 0 Å². The highest BCUT2D eigenvalue weighted by molar-refractivity contribution is 7.99. The van der Waals surface area contributed by atoms with Crippen molar-refractivity contribution in [3.63, 3.8) is 0 Å². The third-order valence-electron chi connectivity index (χ3n) is 3.41. The number of ether oxygens (including phenoxy) is 1. The molecule has 4 nitrogen and oxygen atoms in total. The lowest BCUT2D eigenvalue weighted by atomic mass is 10.1. The van der Waals surface area contributed by atoms with Crippen LogP contribution in [0.25, 0.3) is 0 Å². The molecular formula is C17H22F2N2O2S. The maximum atomic E-state index is 13.5. The molecule has 0 aliphatic carbocycles. The van der Waals surface area contributed by atoms with Gasteiger partial charge in [-0.25, -0.2) is 13.8 Å². The molecule has 0 saturated heterocycles. The van der Waals surface area contributed by atoms with E-state index in [-0.39, 0.29) is 25.7 Å². The molecule has 2 aromatic rings. The van der Waals surface area contributed by atoms with Crippen LogP contribution < -0.4 is 0 Å². The van der Waals surface area contributed by atoms with Crippen LogP contribution >= 0.6 is 11.8 Å². The number of aromatic nitrogens is 2. The van der Waals surface area contributed by atoms with Gasteiger partial charge in [0.2, 0.25) is 0 Å². The van der Waals surface area contributed by atoms with E-state index in [4.69, 9.17) is 9.84 Å². The average Bonchev–Trinajstić information content (AvgIpc) is 2.84. The summed E-state index contributed by atoms with van der Waals surface area (Å²) < 4.78 is 34.3. The van der Waals surface area contributed by atoms with Crippen molar-refractivity contribution in [3.8, 4) is 0 Å². The minimum absolute atomic E-state index is 0.0476. The minimum atomic E-state index is -0.599. The Morgan fingerprint density at radius 3 is 2.46 bits per heavy atom. The van der Waals surface area contributed by atoms with Crippen molar-refractivity contribution in [1.29, 1.82) is 0 Å². The number of aliphatic hydroxyl groups excluding tert-OH is 1. The van der Waals surface area contributed by atoms with Crippen molar-refractivity contribution in [1.82, 2.24) is 9.55 Å². The number of imidazole rings is 1. The van der Waals surface area contributed by atoms with E-state index in [1.54, 1.807) is 0 Å². The van der Waals surface area contributed by atoms with Crippen LogP contribution in [0.15, 0.2) is 28.1 Å². The van der Waals surface area contributed by atoms with E-state index < -0.39 is 11.6 Å². The Hall–Kier alpha value is -1.44. The molecule has 0 bridgehead atoms. The summed E-state index contributed by atoms with van der Waals surface area (Å²) in [7, 11) is 0. The molecule has 0 aliphatic rings. The second-order valence-corrected chi connectivity index (χ2v) is 6.66. The van der Waals surface area contributed by atoms with Gasteiger partial charge in [0.05, 0.1) is 18.9 Å². The molecule has 24 heavy (non-hydrogen) atoms. The van der Waals surface area contributed by atoms with Gasteiger partial charge in [-0.2, -0.15) is 0 Å². The lowest BCUT2D eigenvalue weighted by molar-refractivity contribution is 0.0757. The van der Waals surface area contributed by atoms with E-state index in [1.807, 2.05) is 25.3 Å². The summed E-state index contributed by atoms with van der Waals surface area (Å²) in [4.78, 5) is 5.13. The number of hydrogen-bond acceptors (Lipinski definition) is 4. The van der Waals surface area contributed by atoms with Crippen LogP contribution in [-0.4, -0.2) is 27.9 Å². The fourth-order valence-electron chi connectivity index (χ4n) is 2.35. The Morgan fingerprint density at radius 1 is 1.25 bits per heavy atom. The van der Waals surface area contributed by atoms with E-state index in [0.717, 1.165) is 22.6 Å². The summed E-state index contributed by atoms with van der Waals surface area (Å²) in [5, 5.41) is 9.70. The molecule has 0 atom stereocenters. The van der Waals surface area contributed by atoms with E-state index in [9.17, 15) is 8.78 Å². The molecule has 0 aliphatic heterocycles. The van der Waals surface area contributed by atoms with Crippen molar-refractivity contribution in [3.05, 3.63) is 41.4 Å². The van der Waals surface area contributed by atoms with Crippen LogP contribution in [0.4, 0.5) is 8.78 Å². The SMILES string of the molecule is CCn1c(COCCO)nc(C(C)C)c1Sc1cc(F)cc(F)c1. The van der Waals surface area contributed by atoms with Gasteiger partial charge in [0, 0.05) is 17.5 Å². The fourth-order valence-corrected chi connectivity index (χ4v) is 3.65. The van der Waals surface area contributed by atoms with Crippen molar-refractivity contribution in [2.45, 2.75) is 49.8 Å². The molecule has 0 radical (unpaired) electrons. The zero-order valence-electron chi connectivity index (χ0n) is 14.1. The largest absolute Gasteiger partial charge is 0.394 e. The highest BCUT2D eigenvalue weighted by atomic mass is 32.2. The van der Waals surface area contributed by atoms with Crippen molar-refractivity contribution in [2.24, 2.45) is 0 Å². The fraction of sp³-hybridized carbons (Fsp3) is 0.471. The standard InChI is InChI=1S/C17H22F2N2O2S/c1-4-21-15(10-23-6-5-22)20-16(11(2)3)17(21)24-14-8-12(18)7-13(19)9-14/h7-9,11,22H,4-6,10H2,1-3H3. The molecule has 132 valence electrons. The first-order chi connectivity index (χ1) is 11.5. The molecule has 1 aromatic heterocycles. The third kappa shape index (κ3) is 4.55. The van der Waals surface area contributed by atoms with Crippen LogP contribution in [-0.2, 0) is 17.9 Å². The van der Waals surface area contributed by atoms with Gasteiger partial charge >= 0.3 is 0 Å². The Kier molecular flexibility index (Phi) is 6.77. The maximum absolute atomic E-state index is 13.5. The van der Waals surface area contributed by atoms with Crippen LogP contribution in [0.1, 0.15) is 38.2 Å². The summed E-state index contributed by atoms with van der Waals surface area (Å²) in [6.07, 6.45) is 0. The molecule has 0 fully saturated rings. The number of halogens is 2. The van der Waals surface area contributed by atoms with E-state index >= 15 is 0 Å². The smallest absolute Gasteiger partial charge is 0.136 e. The Balaban J connectivity index is 2.38. The Labute approximate surface area is 144 Å². The number of hydrogen-bond donors (Lipinski definition) is 1. The molecule has 1 aromatic carbocycles. The molecule has 2 rings (SSSR count). The molecule has 0 saturated carbocycles. The number of benzene rings is 1. The monoisotopic (exact) mass is 356 g/mol. The Bertz CT molecular complexity index is 669. The van der Waals surface area contributed by atoms with Crippen molar-refractivity contribution >= 4 is 11.8 Å². The molecule has 1 heterocycles.